The Labute approximate surface area is 80.0 Å². The van der Waals surface area contributed by atoms with Gasteiger partial charge in [0.1, 0.15) is 0 Å². The molecule has 0 radical (unpaired) electrons. The molecule has 0 aromatic heterocycles. The highest BCUT2D eigenvalue weighted by Gasteiger charge is 2.28. The van der Waals surface area contributed by atoms with Crippen molar-refractivity contribution >= 4 is 12.6 Å². The van der Waals surface area contributed by atoms with E-state index in [0.29, 0.717) is 11.2 Å². The summed E-state index contributed by atoms with van der Waals surface area (Å²) in [5, 5.41) is 0.434. The molecule has 0 aromatic rings. The summed E-state index contributed by atoms with van der Waals surface area (Å²) >= 11 is 4.34. The van der Waals surface area contributed by atoms with E-state index in [1.807, 2.05) is 13.8 Å². The van der Waals surface area contributed by atoms with Gasteiger partial charge >= 0.3 is 0 Å². The van der Waals surface area contributed by atoms with Gasteiger partial charge in [0.05, 0.1) is 13.2 Å². The molecule has 1 rings (SSSR count). The molecule has 0 spiro atoms. The monoisotopic (exact) mass is 190 g/mol. The molecular formula is C9H18O2S. The fraction of sp³-hybridized carbons (Fsp3) is 1.00. The molecule has 0 saturated carbocycles. The van der Waals surface area contributed by atoms with Crippen LogP contribution in [-0.4, -0.2) is 24.3 Å². The van der Waals surface area contributed by atoms with Crippen LogP contribution in [0, 0.1) is 5.92 Å². The zero-order valence-electron chi connectivity index (χ0n) is 8.04. The van der Waals surface area contributed by atoms with Crippen LogP contribution in [0.2, 0.25) is 0 Å². The first-order chi connectivity index (χ1) is 5.49. The number of ether oxygens (including phenoxy) is 2. The Morgan fingerprint density at radius 3 is 2.33 bits per heavy atom. The minimum absolute atomic E-state index is 0.379. The Kier molecular flexibility index (Phi) is 3.44. The second-order valence-electron chi connectivity index (χ2n) is 3.97. The third-order valence-electron chi connectivity index (χ3n) is 2.01. The molecule has 2 nitrogen and oxygen atoms in total. The van der Waals surface area contributed by atoms with Gasteiger partial charge in [-0.2, -0.15) is 12.6 Å². The Hall–Kier alpha value is 0.270. The summed E-state index contributed by atoms with van der Waals surface area (Å²) in [4.78, 5) is 0. The first-order valence-corrected chi connectivity index (χ1v) is 4.97. The largest absolute Gasteiger partial charge is 0.350 e. The minimum atomic E-state index is -0.379. The molecule has 1 aliphatic rings. The molecule has 1 unspecified atom stereocenters. The number of hydrogen-bond donors (Lipinski definition) is 1. The van der Waals surface area contributed by atoms with Crippen LogP contribution in [0.4, 0.5) is 0 Å². The summed E-state index contributed by atoms with van der Waals surface area (Å²) in [5.74, 6) is 0.140. The maximum atomic E-state index is 5.52. The lowest BCUT2D eigenvalue weighted by Crippen LogP contribution is -2.39. The minimum Gasteiger partial charge on any atom is -0.350 e. The molecule has 1 aliphatic heterocycles. The third-order valence-corrected chi connectivity index (χ3v) is 2.22. The molecule has 3 heteroatoms. The van der Waals surface area contributed by atoms with E-state index in [1.54, 1.807) is 0 Å². The Balaban J connectivity index is 2.27. The molecule has 0 N–H and O–H groups in total. The normalized spacial score (nSPS) is 27.0. The van der Waals surface area contributed by atoms with Crippen LogP contribution < -0.4 is 0 Å². The van der Waals surface area contributed by atoms with E-state index < -0.39 is 0 Å². The summed E-state index contributed by atoms with van der Waals surface area (Å²) in [7, 11) is 0. The van der Waals surface area contributed by atoms with E-state index in [0.717, 1.165) is 19.6 Å². The van der Waals surface area contributed by atoms with Crippen LogP contribution in [0.1, 0.15) is 27.2 Å². The van der Waals surface area contributed by atoms with Crippen LogP contribution in [0.15, 0.2) is 0 Å². The smallest absolute Gasteiger partial charge is 0.162 e. The molecule has 0 aromatic carbocycles. The SMILES string of the molecule is CC(S)CC1COC(C)(C)OC1. The second kappa shape index (κ2) is 3.99. The highest BCUT2D eigenvalue weighted by molar-refractivity contribution is 7.80. The zero-order chi connectivity index (χ0) is 9.19. The van der Waals surface area contributed by atoms with Gasteiger partial charge in [-0.15, -0.1) is 0 Å². The summed E-state index contributed by atoms with van der Waals surface area (Å²) < 4.78 is 11.0. The predicted octanol–water partition coefficient (Wildman–Crippen LogP) is 2.09. The van der Waals surface area contributed by atoms with Crippen molar-refractivity contribution in [1.29, 1.82) is 0 Å². The van der Waals surface area contributed by atoms with E-state index in [2.05, 4.69) is 19.6 Å². The first-order valence-electron chi connectivity index (χ1n) is 4.45. The van der Waals surface area contributed by atoms with Crippen molar-refractivity contribution in [3.8, 4) is 0 Å². The van der Waals surface area contributed by atoms with E-state index in [1.165, 1.54) is 0 Å². The molecule has 0 amide bonds. The van der Waals surface area contributed by atoms with E-state index in [-0.39, 0.29) is 5.79 Å². The fourth-order valence-electron chi connectivity index (χ4n) is 1.35. The second-order valence-corrected chi connectivity index (χ2v) is 4.85. The maximum Gasteiger partial charge on any atom is 0.162 e. The summed E-state index contributed by atoms with van der Waals surface area (Å²) in [6.45, 7) is 7.61. The molecule has 1 heterocycles. The van der Waals surface area contributed by atoms with Crippen LogP contribution >= 0.6 is 12.6 Å². The van der Waals surface area contributed by atoms with Crippen molar-refractivity contribution in [1.82, 2.24) is 0 Å². The van der Waals surface area contributed by atoms with Crippen molar-refractivity contribution < 1.29 is 9.47 Å². The molecule has 0 bridgehead atoms. The molecule has 0 aliphatic carbocycles. The molecule has 1 fully saturated rings. The van der Waals surface area contributed by atoms with Gasteiger partial charge in [0.15, 0.2) is 5.79 Å². The van der Waals surface area contributed by atoms with Gasteiger partial charge in [0.25, 0.3) is 0 Å². The standard InChI is InChI=1S/C9H18O2S/c1-7(12)4-8-5-10-9(2,3)11-6-8/h7-8,12H,4-6H2,1-3H3. The number of hydrogen-bond acceptors (Lipinski definition) is 3. The van der Waals surface area contributed by atoms with Gasteiger partial charge in [-0.25, -0.2) is 0 Å². The van der Waals surface area contributed by atoms with Gasteiger partial charge in [0.2, 0.25) is 0 Å². The maximum absolute atomic E-state index is 5.52. The molecular weight excluding hydrogens is 172 g/mol. The number of rotatable bonds is 2. The first kappa shape index (κ1) is 10.4. The highest BCUT2D eigenvalue weighted by Crippen LogP contribution is 2.23. The van der Waals surface area contributed by atoms with E-state index in [4.69, 9.17) is 9.47 Å². The van der Waals surface area contributed by atoms with Crippen molar-refractivity contribution in [3.05, 3.63) is 0 Å². The lowest BCUT2D eigenvalue weighted by Gasteiger charge is -2.35. The zero-order valence-corrected chi connectivity index (χ0v) is 8.93. The third kappa shape index (κ3) is 3.33. The van der Waals surface area contributed by atoms with E-state index >= 15 is 0 Å². The van der Waals surface area contributed by atoms with Crippen molar-refractivity contribution in [2.24, 2.45) is 5.92 Å². The number of thiol groups is 1. The topological polar surface area (TPSA) is 18.5 Å². The van der Waals surface area contributed by atoms with Crippen molar-refractivity contribution in [2.45, 2.75) is 38.2 Å². The summed E-state index contributed by atoms with van der Waals surface area (Å²) in [6, 6.07) is 0. The molecule has 12 heavy (non-hydrogen) atoms. The van der Waals surface area contributed by atoms with Gasteiger partial charge < -0.3 is 9.47 Å². The van der Waals surface area contributed by atoms with Crippen molar-refractivity contribution in [2.75, 3.05) is 13.2 Å². The van der Waals surface area contributed by atoms with Gasteiger partial charge in [0, 0.05) is 5.92 Å². The van der Waals surface area contributed by atoms with Gasteiger partial charge in [-0.3, -0.25) is 0 Å². The highest BCUT2D eigenvalue weighted by atomic mass is 32.1. The average molecular weight is 190 g/mol. The van der Waals surface area contributed by atoms with Crippen LogP contribution in [0.5, 0.6) is 0 Å². The molecule has 1 saturated heterocycles. The van der Waals surface area contributed by atoms with Gasteiger partial charge in [-0.1, -0.05) is 6.92 Å². The molecule has 72 valence electrons. The quantitative estimate of drug-likeness (QED) is 0.672. The summed E-state index contributed by atoms with van der Waals surface area (Å²) in [5.41, 5.74) is 0. The average Bonchev–Trinajstić information content (AvgIpc) is 1.93. The van der Waals surface area contributed by atoms with Crippen LogP contribution in [0.25, 0.3) is 0 Å². The van der Waals surface area contributed by atoms with Crippen LogP contribution in [-0.2, 0) is 9.47 Å². The molecule has 1 atom stereocenters. The van der Waals surface area contributed by atoms with Crippen molar-refractivity contribution in [3.63, 3.8) is 0 Å². The van der Waals surface area contributed by atoms with Gasteiger partial charge in [-0.05, 0) is 25.5 Å². The fourth-order valence-corrected chi connectivity index (χ4v) is 1.64. The lowest BCUT2D eigenvalue weighted by atomic mass is 10.0. The van der Waals surface area contributed by atoms with Crippen LogP contribution in [0.3, 0.4) is 0 Å². The predicted molar refractivity (Wildman–Crippen MR) is 52.5 cm³/mol. The van der Waals surface area contributed by atoms with E-state index in [9.17, 15) is 0 Å². The Morgan fingerprint density at radius 2 is 1.92 bits per heavy atom. The lowest BCUT2D eigenvalue weighted by molar-refractivity contribution is -0.262. The Morgan fingerprint density at radius 1 is 1.42 bits per heavy atom. The Bertz CT molecular complexity index is 135. The summed E-state index contributed by atoms with van der Waals surface area (Å²) in [6.07, 6.45) is 1.07.